The summed E-state index contributed by atoms with van der Waals surface area (Å²) in [4.78, 5) is 42.6. The van der Waals surface area contributed by atoms with Gasteiger partial charge in [0.05, 0.1) is 21.2 Å². The van der Waals surface area contributed by atoms with E-state index in [-0.39, 0.29) is 30.4 Å². The molecule has 0 unspecified atom stereocenters. The van der Waals surface area contributed by atoms with Crippen molar-refractivity contribution in [2.45, 2.75) is 7.43 Å². The molecule has 282 valence electrons. The van der Waals surface area contributed by atoms with Gasteiger partial charge in [-0.2, -0.15) is 0 Å². The standard InChI is InChI=1S/C10H15N5O2.C10H17N5.C5H4BrN3O2.C5H12N2.CH4/c1-13-4-6-14(7-5-13)8-2-3-12-10(11)9(8)15(16)17;1-14-4-6-15(7-5-14)8-2-3-13-10(12)9(8)11;6-3-1-2-8-5(7)4(3)9(10)11;1-7-4-2-6-3-5-7;/h2-3H,4-7H2,1H3,(H2,11,12);2-3H,4-7,11H2,1H3,(H2,12,13);1-2H,(H2,7,8);6H,2-5H2,1H3;1H4. The molecule has 0 radical (unpaired) electrons. The van der Waals surface area contributed by atoms with Crippen molar-refractivity contribution in [3.8, 4) is 0 Å². The summed E-state index contributed by atoms with van der Waals surface area (Å²) in [6.45, 7) is 12.1. The lowest BCUT2D eigenvalue weighted by molar-refractivity contribution is -0.385. The van der Waals surface area contributed by atoms with Gasteiger partial charge in [-0.15, -0.1) is 0 Å². The molecule has 0 atom stereocenters. The molecule has 0 aromatic carbocycles. The molecular formula is C31H52BrN15O4. The molecule has 20 heteroatoms. The molecule has 19 nitrogen and oxygen atoms in total. The molecule has 0 spiro atoms. The number of nitrogens with two attached hydrogens (primary N) is 4. The number of anilines is 6. The highest BCUT2D eigenvalue weighted by Crippen LogP contribution is 2.32. The summed E-state index contributed by atoms with van der Waals surface area (Å²) in [5.41, 5.74) is 24.3. The highest BCUT2D eigenvalue weighted by Gasteiger charge is 2.25. The molecule has 51 heavy (non-hydrogen) atoms. The maximum absolute atomic E-state index is 11.0. The fraction of sp³-hybridized carbons (Fsp3) is 0.516. The first kappa shape index (κ1) is 42.5. The number of hydrogen-bond acceptors (Lipinski definition) is 17. The lowest BCUT2D eigenvalue weighted by Gasteiger charge is -2.34. The lowest BCUT2D eigenvalue weighted by atomic mass is 10.2. The number of nitro groups is 2. The summed E-state index contributed by atoms with van der Waals surface area (Å²) in [7, 11) is 6.31. The molecule has 3 saturated heterocycles. The zero-order chi connectivity index (χ0) is 36.8. The van der Waals surface area contributed by atoms with Gasteiger partial charge in [-0.1, -0.05) is 7.43 Å². The smallest absolute Gasteiger partial charge is 0.334 e. The van der Waals surface area contributed by atoms with Crippen molar-refractivity contribution in [2.75, 3.05) is 132 Å². The second-order valence-electron chi connectivity index (χ2n) is 11.9. The zero-order valence-electron chi connectivity index (χ0n) is 28.7. The number of nitrogens with one attached hydrogen (secondary N) is 1. The van der Waals surface area contributed by atoms with Crippen LogP contribution >= 0.6 is 15.9 Å². The summed E-state index contributed by atoms with van der Waals surface area (Å²) in [5.74, 6) is 0.322. The highest BCUT2D eigenvalue weighted by atomic mass is 79.9. The average molecular weight is 779 g/mol. The Morgan fingerprint density at radius 1 is 0.627 bits per heavy atom. The third kappa shape index (κ3) is 12.9. The second-order valence-corrected chi connectivity index (χ2v) is 12.7. The van der Waals surface area contributed by atoms with E-state index in [1.54, 1.807) is 12.3 Å². The van der Waals surface area contributed by atoms with Crippen molar-refractivity contribution in [1.82, 2.24) is 35.0 Å². The van der Waals surface area contributed by atoms with E-state index in [1.807, 2.05) is 18.0 Å². The van der Waals surface area contributed by atoms with Crippen LogP contribution in [0.2, 0.25) is 0 Å². The van der Waals surface area contributed by atoms with E-state index >= 15 is 0 Å². The molecule has 0 saturated carbocycles. The third-order valence-corrected chi connectivity index (χ3v) is 8.87. The Morgan fingerprint density at radius 2 is 1.02 bits per heavy atom. The van der Waals surface area contributed by atoms with Crippen LogP contribution < -0.4 is 38.1 Å². The largest absolute Gasteiger partial charge is 0.394 e. The van der Waals surface area contributed by atoms with Gasteiger partial charge in [-0.05, 0) is 55.3 Å². The molecule has 3 aliphatic rings. The van der Waals surface area contributed by atoms with Gasteiger partial charge in [-0.3, -0.25) is 20.2 Å². The van der Waals surface area contributed by atoms with E-state index in [0.717, 1.165) is 71.1 Å². The Kier molecular flexibility index (Phi) is 17.4. The Balaban J connectivity index is 0.000000244. The van der Waals surface area contributed by atoms with Crippen molar-refractivity contribution in [2.24, 2.45) is 0 Å². The Morgan fingerprint density at radius 3 is 1.43 bits per heavy atom. The molecule has 3 fully saturated rings. The van der Waals surface area contributed by atoms with Gasteiger partial charge >= 0.3 is 11.4 Å². The topological polar surface area (TPSA) is 257 Å². The predicted molar refractivity (Wildman–Crippen MR) is 208 cm³/mol. The minimum atomic E-state index is -0.577. The molecular weight excluding hydrogens is 726 g/mol. The minimum Gasteiger partial charge on any atom is -0.394 e. The van der Waals surface area contributed by atoms with Crippen LogP contribution in [0.3, 0.4) is 0 Å². The third-order valence-electron chi connectivity index (χ3n) is 8.23. The first-order chi connectivity index (χ1) is 23.8. The van der Waals surface area contributed by atoms with Gasteiger partial charge in [0, 0.05) is 97.1 Å². The number of likely N-dealkylation sites (N-methyl/N-ethyl adjacent to an activating group) is 3. The summed E-state index contributed by atoms with van der Waals surface area (Å²) in [6.07, 6.45) is 4.61. The number of nitrogens with zero attached hydrogens (tertiary/aromatic N) is 10. The van der Waals surface area contributed by atoms with Gasteiger partial charge in [0.2, 0.25) is 11.6 Å². The number of hydrogen-bond donors (Lipinski definition) is 5. The monoisotopic (exact) mass is 777 g/mol. The number of nitrogen functional groups attached to an aromatic ring is 4. The fourth-order valence-corrected chi connectivity index (χ4v) is 5.62. The summed E-state index contributed by atoms with van der Waals surface area (Å²) >= 11 is 2.99. The zero-order valence-corrected chi connectivity index (χ0v) is 30.3. The van der Waals surface area contributed by atoms with Gasteiger partial charge in [-0.25, -0.2) is 15.0 Å². The van der Waals surface area contributed by atoms with Crippen molar-refractivity contribution in [1.29, 1.82) is 0 Å². The molecule has 3 aromatic rings. The van der Waals surface area contributed by atoms with E-state index in [1.165, 1.54) is 31.5 Å². The summed E-state index contributed by atoms with van der Waals surface area (Å²) < 4.78 is 0.343. The maximum atomic E-state index is 11.0. The molecule has 6 rings (SSSR count). The van der Waals surface area contributed by atoms with Gasteiger partial charge in [0.15, 0.2) is 0 Å². The van der Waals surface area contributed by atoms with Crippen molar-refractivity contribution >= 4 is 61.8 Å². The first-order valence-electron chi connectivity index (χ1n) is 16.0. The molecule has 0 amide bonds. The summed E-state index contributed by atoms with van der Waals surface area (Å²) in [5, 5.41) is 24.6. The van der Waals surface area contributed by atoms with Crippen LogP contribution in [0.5, 0.6) is 0 Å². The fourth-order valence-electron chi connectivity index (χ4n) is 5.15. The Bertz CT molecular complexity index is 1530. The number of halogens is 1. The van der Waals surface area contributed by atoms with Crippen LogP contribution in [0.25, 0.3) is 0 Å². The maximum Gasteiger partial charge on any atom is 0.334 e. The first-order valence-corrected chi connectivity index (χ1v) is 16.8. The van der Waals surface area contributed by atoms with Crippen LogP contribution in [0, 0.1) is 20.2 Å². The molecule has 0 aliphatic carbocycles. The van der Waals surface area contributed by atoms with Gasteiger partial charge < -0.3 is 52.8 Å². The SMILES string of the molecule is C.CN1CCN(c2ccnc(N)c2N)CC1.CN1CCN(c2ccnc(N)c2[N+](=O)[O-])CC1.CN1CCNCC1.Nc1nccc(Br)c1[N+](=O)[O-]. The highest BCUT2D eigenvalue weighted by molar-refractivity contribution is 9.10. The van der Waals surface area contributed by atoms with Crippen molar-refractivity contribution in [3.63, 3.8) is 0 Å². The Labute approximate surface area is 307 Å². The van der Waals surface area contributed by atoms with E-state index in [9.17, 15) is 20.2 Å². The number of pyridine rings is 3. The predicted octanol–water partition coefficient (Wildman–Crippen LogP) is 1.81. The van der Waals surface area contributed by atoms with Crippen LogP contribution in [-0.4, -0.2) is 139 Å². The van der Waals surface area contributed by atoms with Crippen LogP contribution in [0.15, 0.2) is 41.3 Å². The van der Waals surface area contributed by atoms with Crippen molar-refractivity contribution < 1.29 is 9.85 Å². The van der Waals surface area contributed by atoms with Crippen LogP contribution in [0.1, 0.15) is 7.43 Å². The molecule has 3 aromatic heterocycles. The number of piperazine rings is 3. The summed E-state index contributed by atoms with van der Waals surface area (Å²) in [6, 6.07) is 5.05. The average Bonchev–Trinajstić information content (AvgIpc) is 3.08. The van der Waals surface area contributed by atoms with Gasteiger partial charge in [0.25, 0.3) is 0 Å². The molecule has 6 heterocycles. The normalized spacial score (nSPS) is 16.5. The van der Waals surface area contributed by atoms with Crippen molar-refractivity contribution in [3.05, 3.63) is 61.5 Å². The van der Waals surface area contributed by atoms with E-state index < -0.39 is 9.85 Å². The van der Waals surface area contributed by atoms with E-state index in [4.69, 9.17) is 22.9 Å². The van der Waals surface area contributed by atoms with Gasteiger partial charge in [0.1, 0.15) is 16.0 Å². The van der Waals surface area contributed by atoms with E-state index in [2.05, 4.69) is 69.9 Å². The lowest BCUT2D eigenvalue weighted by Crippen LogP contribution is -2.44. The van der Waals surface area contributed by atoms with Crippen LogP contribution in [0.4, 0.5) is 45.9 Å². The Hall–Kier alpha value is -4.63. The van der Waals surface area contributed by atoms with Crippen LogP contribution in [-0.2, 0) is 0 Å². The molecule has 9 N–H and O–H groups in total. The number of rotatable bonds is 4. The molecule has 0 bridgehead atoms. The van der Waals surface area contributed by atoms with E-state index in [0.29, 0.717) is 21.7 Å². The second kappa shape index (κ2) is 20.9. The quantitative estimate of drug-likeness (QED) is 0.187. The minimum absolute atomic E-state index is 0. The number of aromatic nitrogens is 3. The molecule has 3 aliphatic heterocycles.